The van der Waals surface area contributed by atoms with E-state index in [-0.39, 0.29) is 12.2 Å². The number of β-amino-alcohol motifs (C(OH)–C–C–N with tert-alkyl or cyclic N) is 1. The van der Waals surface area contributed by atoms with Crippen molar-refractivity contribution in [1.29, 1.82) is 0 Å². The highest BCUT2D eigenvalue weighted by molar-refractivity contribution is 5.92. The minimum absolute atomic E-state index is 0.0483. The van der Waals surface area contributed by atoms with Crippen molar-refractivity contribution in [2.45, 2.75) is 18.9 Å². The smallest absolute Gasteiger partial charge is 0.326 e. The van der Waals surface area contributed by atoms with Gasteiger partial charge in [-0.3, -0.25) is 14.6 Å². The van der Waals surface area contributed by atoms with E-state index >= 15 is 0 Å². The van der Waals surface area contributed by atoms with Crippen LogP contribution in [0.4, 0.5) is 0 Å². The summed E-state index contributed by atoms with van der Waals surface area (Å²) >= 11 is 0. The maximum atomic E-state index is 11.9. The van der Waals surface area contributed by atoms with E-state index in [0.29, 0.717) is 19.4 Å². The molecule has 1 fully saturated rings. The van der Waals surface area contributed by atoms with Crippen LogP contribution in [-0.2, 0) is 0 Å². The molecule has 1 atom stereocenters. The van der Waals surface area contributed by atoms with Gasteiger partial charge in [0.05, 0.1) is 6.10 Å². The van der Waals surface area contributed by atoms with Crippen LogP contribution in [0.15, 0.2) is 15.7 Å². The maximum absolute atomic E-state index is 11.9. The molecule has 7 nitrogen and oxygen atoms in total. The van der Waals surface area contributed by atoms with Crippen molar-refractivity contribution in [2.75, 3.05) is 13.1 Å². The quantitative estimate of drug-likeness (QED) is 0.564. The number of aliphatic hydroxyl groups is 1. The minimum Gasteiger partial charge on any atom is -0.391 e. The SMILES string of the molecule is O=C(c1cc(=O)[nH]c(=O)[nH]1)N1CCCC(O)C1. The van der Waals surface area contributed by atoms with Crippen molar-refractivity contribution in [3.63, 3.8) is 0 Å². The molecular weight excluding hydrogens is 226 g/mol. The Morgan fingerprint density at radius 3 is 2.82 bits per heavy atom. The fourth-order valence-electron chi connectivity index (χ4n) is 1.89. The number of nitrogens with zero attached hydrogens (tertiary/aromatic N) is 1. The number of aromatic amines is 2. The molecular formula is C10H13N3O4. The summed E-state index contributed by atoms with van der Waals surface area (Å²) in [7, 11) is 0. The third kappa shape index (κ3) is 2.62. The molecule has 7 heteroatoms. The molecule has 0 spiro atoms. The van der Waals surface area contributed by atoms with Gasteiger partial charge in [-0.05, 0) is 12.8 Å². The van der Waals surface area contributed by atoms with Crippen LogP contribution in [-0.4, -0.2) is 45.1 Å². The molecule has 2 heterocycles. The second-order valence-corrected chi connectivity index (χ2v) is 4.05. The first-order valence-corrected chi connectivity index (χ1v) is 5.37. The molecule has 0 aromatic carbocycles. The van der Waals surface area contributed by atoms with Crippen LogP contribution in [0.3, 0.4) is 0 Å². The van der Waals surface area contributed by atoms with Crippen LogP contribution in [0, 0.1) is 0 Å². The molecule has 1 unspecified atom stereocenters. The lowest BCUT2D eigenvalue weighted by molar-refractivity contribution is 0.0468. The molecule has 1 aromatic heterocycles. The monoisotopic (exact) mass is 239 g/mol. The van der Waals surface area contributed by atoms with E-state index in [4.69, 9.17) is 0 Å². The predicted octanol–water partition coefficient (Wildman–Crippen LogP) is -1.34. The minimum atomic E-state index is -0.710. The van der Waals surface area contributed by atoms with Gasteiger partial charge in [0.1, 0.15) is 5.69 Å². The van der Waals surface area contributed by atoms with Crippen molar-refractivity contribution in [3.05, 3.63) is 32.6 Å². The van der Waals surface area contributed by atoms with Crippen molar-refractivity contribution in [2.24, 2.45) is 0 Å². The Hall–Kier alpha value is -1.89. The van der Waals surface area contributed by atoms with Crippen LogP contribution >= 0.6 is 0 Å². The summed E-state index contributed by atoms with van der Waals surface area (Å²) in [5.41, 5.74) is -1.37. The van der Waals surface area contributed by atoms with E-state index in [2.05, 4.69) is 4.98 Å². The number of hydrogen-bond donors (Lipinski definition) is 3. The highest BCUT2D eigenvalue weighted by Gasteiger charge is 2.23. The van der Waals surface area contributed by atoms with Gasteiger partial charge >= 0.3 is 5.69 Å². The van der Waals surface area contributed by atoms with Gasteiger partial charge in [0.2, 0.25) is 0 Å². The second kappa shape index (κ2) is 4.54. The summed E-state index contributed by atoms with van der Waals surface area (Å²) in [6.07, 6.45) is 0.831. The third-order valence-electron chi connectivity index (χ3n) is 2.67. The van der Waals surface area contributed by atoms with Crippen LogP contribution in [0.1, 0.15) is 23.3 Å². The Labute approximate surface area is 96.1 Å². The molecule has 0 radical (unpaired) electrons. The first-order chi connectivity index (χ1) is 8.06. The molecule has 0 bridgehead atoms. The molecule has 17 heavy (non-hydrogen) atoms. The number of hydrogen-bond acceptors (Lipinski definition) is 4. The van der Waals surface area contributed by atoms with Crippen molar-refractivity contribution in [1.82, 2.24) is 14.9 Å². The van der Waals surface area contributed by atoms with Gasteiger partial charge in [0.15, 0.2) is 0 Å². The first-order valence-electron chi connectivity index (χ1n) is 5.37. The summed E-state index contributed by atoms with van der Waals surface area (Å²) in [6, 6.07) is 1.05. The van der Waals surface area contributed by atoms with Gasteiger partial charge < -0.3 is 15.0 Å². The van der Waals surface area contributed by atoms with Crippen molar-refractivity contribution < 1.29 is 9.90 Å². The normalized spacial score (nSPS) is 20.3. The number of H-pyrrole nitrogens is 2. The lowest BCUT2D eigenvalue weighted by atomic mass is 10.1. The van der Waals surface area contributed by atoms with Gasteiger partial charge in [-0.25, -0.2) is 4.79 Å². The Bertz CT molecular complexity index is 505. The Balaban J connectivity index is 2.24. The highest BCUT2D eigenvalue weighted by Crippen LogP contribution is 2.11. The van der Waals surface area contributed by atoms with E-state index in [9.17, 15) is 19.5 Å². The van der Waals surface area contributed by atoms with E-state index < -0.39 is 23.3 Å². The summed E-state index contributed by atoms with van der Waals surface area (Å²) in [5.74, 6) is -0.438. The number of aliphatic hydroxyl groups excluding tert-OH is 1. The summed E-state index contributed by atoms with van der Waals surface area (Å²) in [4.78, 5) is 39.7. The number of aromatic nitrogens is 2. The van der Waals surface area contributed by atoms with Crippen LogP contribution in [0.2, 0.25) is 0 Å². The molecule has 0 aliphatic carbocycles. The van der Waals surface area contributed by atoms with Crippen LogP contribution in [0.25, 0.3) is 0 Å². The highest BCUT2D eigenvalue weighted by atomic mass is 16.3. The standard InChI is InChI=1S/C10H13N3O4/c14-6-2-1-3-13(5-6)9(16)7-4-8(15)12-10(17)11-7/h4,6,14H,1-3,5H2,(H2,11,12,15,17). The number of carbonyl (C=O) groups excluding carboxylic acids is 1. The first kappa shape index (κ1) is 11.6. The van der Waals surface area contributed by atoms with Crippen molar-refractivity contribution >= 4 is 5.91 Å². The van der Waals surface area contributed by atoms with Gasteiger partial charge in [-0.1, -0.05) is 0 Å². The van der Waals surface area contributed by atoms with Crippen molar-refractivity contribution in [3.8, 4) is 0 Å². The summed E-state index contributed by atoms with van der Waals surface area (Å²) in [5, 5.41) is 9.45. The zero-order valence-electron chi connectivity index (χ0n) is 9.10. The molecule has 2 rings (SSSR count). The number of nitrogens with one attached hydrogen (secondary N) is 2. The zero-order chi connectivity index (χ0) is 12.4. The zero-order valence-corrected chi connectivity index (χ0v) is 9.10. The number of carbonyl (C=O) groups is 1. The predicted molar refractivity (Wildman–Crippen MR) is 58.8 cm³/mol. The fourth-order valence-corrected chi connectivity index (χ4v) is 1.89. The molecule has 0 saturated carbocycles. The molecule has 1 saturated heterocycles. The summed E-state index contributed by atoms with van der Waals surface area (Å²) in [6.45, 7) is 0.748. The maximum Gasteiger partial charge on any atom is 0.326 e. The van der Waals surface area contributed by atoms with Gasteiger partial charge in [0.25, 0.3) is 11.5 Å². The Morgan fingerprint density at radius 2 is 2.18 bits per heavy atom. The largest absolute Gasteiger partial charge is 0.391 e. The van der Waals surface area contributed by atoms with Crippen LogP contribution < -0.4 is 11.2 Å². The van der Waals surface area contributed by atoms with E-state index in [1.54, 1.807) is 0 Å². The third-order valence-corrected chi connectivity index (χ3v) is 2.67. The van der Waals surface area contributed by atoms with Gasteiger partial charge in [-0.15, -0.1) is 0 Å². The van der Waals surface area contributed by atoms with Crippen LogP contribution in [0.5, 0.6) is 0 Å². The second-order valence-electron chi connectivity index (χ2n) is 4.05. The Morgan fingerprint density at radius 1 is 1.41 bits per heavy atom. The molecule has 1 aliphatic rings. The molecule has 1 aromatic rings. The summed E-state index contributed by atoms with van der Waals surface area (Å²) < 4.78 is 0. The lowest BCUT2D eigenvalue weighted by Gasteiger charge is -2.29. The average Bonchev–Trinajstić information content (AvgIpc) is 2.26. The number of piperidine rings is 1. The fraction of sp³-hybridized carbons (Fsp3) is 0.500. The van der Waals surface area contributed by atoms with Gasteiger partial charge in [0, 0.05) is 19.2 Å². The van der Waals surface area contributed by atoms with E-state index in [1.807, 2.05) is 4.98 Å². The lowest BCUT2D eigenvalue weighted by Crippen LogP contribution is -2.43. The van der Waals surface area contributed by atoms with E-state index in [1.165, 1.54) is 4.90 Å². The molecule has 3 N–H and O–H groups in total. The molecule has 1 aliphatic heterocycles. The topological polar surface area (TPSA) is 106 Å². The number of amides is 1. The Kier molecular flexibility index (Phi) is 3.10. The van der Waals surface area contributed by atoms with E-state index in [0.717, 1.165) is 6.07 Å². The number of rotatable bonds is 1. The van der Waals surface area contributed by atoms with Gasteiger partial charge in [-0.2, -0.15) is 0 Å². The average molecular weight is 239 g/mol. The molecule has 92 valence electrons. The molecule has 1 amide bonds. The number of likely N-dealkylation sites (tertiary alicyclic amines) is 1.